The van der Waals surface area contributed by atoms with E-state index in [1.807, 2.05) is 29.8 Å². The molecule has 4 nitrogen and oxygen atoms in total. The lowest BCUT2D eigenvalue weighted by Gasteiger charge is -2.24. The molecule has 1 atom stereocenters. The van der Waals surface area contributed by atoms with E-state index in [-0.39, 0.29) is 11.4 Å². The van der Waals surface area contributed by atoms with Crippen LogP contribution in [0.15, 0.2) is 18.3 Å². The third-order valence-corrected chi connectivity index (χ3v) is 3.19. The first kappa shape index (κ1) is 11.2. The van der Waals surface area contributed by atoms with E-state index in [2.05, 4.69) is 17.6 Å². The predicted molar refractivity (Wildman–Crippen MR) is 63.5 cm³/mol. The number of aryl methyl sites for hydroxylation is 1. The van der Waals surface area contributed by atoms with Crippen LogP contribution < -0.4 is 10.6 Å². The molecule has 1 fully saturated rings. The fourth-order valence-corrected chi connectivity index (χ4v) is 2.16. The highest BCUT2D eigenvalue weighted by Gasteiger charge is 2.30. The minimum absolute atomic E-state index is 0.0260. The summed E-state index contributed by atoms with van der Waals surface area (Å²) in [5.41, 5.74) is 0.649. The molecule has 0 bridgehead atoms. The third-order valence-electron chi connectivity index (χ3n) is 3.19. The first-order valence-electron chi connectivity index (χ1n) is 5.83. The quantitative estimate of drug-likeness (QED) is 0.799. The molecule has 1 aliphatic rings. The molecule has 0 radical (unpaired) electrons. The summed E-state index contributed by atoms with van der Waals surface area (Å²) >= 11 is 0. The van der Waals surface area contributed by atoms with Crippen molar-refractivity contribution in [1.82, 2.24) is 15.2 Å². The summed E-state index contributed by atoms with van der Waals surface area (Å²) in [6.45, 7) is 6.78. The van der Waals surface area contributed by atoms with Gasteiger partial charge in [-0.25, -0.2) is 0 Å². The number of rotatable bonds is 3. The topological polar surface area (TPSA) is 46.1 Å². The molecule has 0 aromatic carbocycles. The summed E-state index contributed by atoms with van der Waals surface area (Å²) in [6, 6.07) is 3.78. The van der Waals surface area contributed by atoms with E-state index < -0.39 is 0 Å². The van der Waals surface area contributed by atoms with Crippen LogP contribution in [0.4, 0.5) is 0 Å². The Bertz CT molecular complexity index is 377. The first-order valence-corrected chi connectivity index (χ1v) is 5.83. The van der Waals surface area contributed by atoms with Gasteiger partial charge in [-0.05, 0) is 38.9 Å². The smallest absolute Gasteiger partial charge is 0.268 e. The van der Waals surface area contributed by atoms with Crippen LogP contribution in [0, 0.1) is 0 Å². The van der Waals surface area contributed by atoms with Crippen molar-refractivity contribution in [3.05, 3.63) is 24.0 Å². The van der Waals surface area contributed by atoms with Crippen molar-refractivity contribution >= 4 is 5.91 Å². The van der Waals surface area contributed by atoms with Crippen molar-refractivity contribution in [2.45, 2.75) is 32.4 Å². The van der Waals surface area contributed by atoms with Crippen LogP contribution in [0.5, 0.6) is 0 Å². The summed E-state index contributed by atoms with van der Waals surface area (Å²) < 4.78 is 1.96. The lowest BCUT2D eigenvalue weighted by Crippen LogP contribution is -2.47. The first-order chi connectivity index (χ1) is 7.64. The normalized spacial score (nSPS) is 24.6. The van der Waals surface area contributed by atoms with Gasteiger partial charge in [0.1, 0.15) is 5.69 Å². The molecule has 0 saturated carbocycles. The van der Waals surface area contributed by atoms with Gasteiger partial charge in [-0.3, -0.25) is 4.79 Å². The molecule has 0 spiro atoms. The Morgan fingerprint density at radius 2 is 2.50 bits per heavy atom. The summed E-state index contributed by atoms with van der Waals surface area (Å²) in [4.78, 5) is 12.1. The Labute approximate surface area is 96.0 Å². The SMILES string of the molecule is CCn1cccc1C(=O)NC1(C)CCNC1. The summed E-state index contributed by atoms with van der Waals surface area (Å²) in [5, 5.41) is 6.38. The largest absolute Gasteiger partial charge is 0.344 e. The minimum Gasteiger partial charge on any atom is -0.344 e. The summed E-state index contributed by atoms with van der Waals surface area (Å²) in [7, 11) is 0. The molecule has 2 rings (SSSR count). The van der Waals surface area contributed by atoms with Gasteiger partial charge in [-0.2, -0.15) is 0 Å². The number of hydrogen-bond acceptors (Lipinski definition) is 2. The lowest BCUT2D eigenvalue weighted by molar-refractivity contribution is 0.0903. The molecule has 4 heteroatoms. The average molecular weight is 221 g/mol. The lowest BCUT2D eigenvalue weighted by atomic mass is 10.0. The van der Waals surface area contributed by atoms with E-state index in [4.69, 9.17) is 0 Å². The molecule has 1 amide bonds. The van der Waals surface area contributed by atoms with Crippen LogP contribution in [0.2, 0.25) is 0 Å². The molecule has 1 aliphatic heterocycles. The second kappa shape index (κ2) is 4.29. The second-order valence-electron chi connectivity index (χ2n) is 4.62. The monoisotopic (exact) mass is 221 g/mol. The average Bonchev–Trinajstić information content (AvgIpc) is 2.85. The van der Waals surface area contributed by atoms with Gasteiger partial charge in [-0.1, -0.05) is 0 Å². The number of nitrogens with zero attached hydrogens (tertiary/aromatic N) is 1. The van der Waals surface area contributed by atoms with Crippen molar-refractivity contribution in [3.63, 3.8) is 0 Å². The molecule has 1 aromatic heterocycles. The zero-order valence-electron chi connectivity index (χ0n) is 9.92. The highest BCUT2D eigenvalue weighted by molar-refractivity contribution is 5.93. The summed E-state index contributed by atoms with van der Waals surface area (Å²) in [5.74, 6) is 0.0260. The van der Waals surface area contributed by atoms with Crippen LogP contribution >= 0.6 is 0 Å². The van der Waals surface area contributed by atoms with Gasteiger partial charge in [-0.15, -0.1) is 0 Å². The van der Waals surface area contributed by atoms with E-state index >= 15 is 0 Å². The Hall–Kier alpha value is -1.29. The van der Waals surface area contributed by atoms with Crippen LogP contribution in [0.1, 0.15) is 30.8 Å². The van der Waals surface area contributed by atoms with Crippen LogP contribution in [-0.4, -0.2) is 29.1 Å². The number of amides is 1. The van der Waals surface area contributed by atoms with Gasteiger partial charge in [0.2, 0.25) is 0 Å². The zero-order valence-corrected chi connectivity index (χ0v) is 9.92. The van der Waals surface area contributed by atoms with Gasteiger partial charge in [0.15, 0.2) is 0 Å². The third kappa shape index (κ3) is 2.11. The fraction of sp³-hybridized carbons (Fsp3) is 0.583. The molecule has 1 unspecified atom stereocenters. The van der Waals surface area contributed by atoms with E-state index in [1.165, 1.54) is 0 Å². The van der Waals surface area contributed by atoms with Crippen LogP contribution in [0.3, 0.4) is 0 Å². The maximum atomic E-state index is 12.1. The molecule has 1 aromatic rings. The molecule has 16 heavy (non-hydrogen) atoms. The maximum absolute atomic E-state index is 12.1. The van der Waals surface area contributed by atoms with Crippen molar-refractivity contribution < 1.29 is 4.79 Å². The molecule has 2 heterocycles. The van der Waals surface area contributed by atoms with E-state index in [9.17, 15) is 4.79 Å². The Balaban J connectivity index is 2.08. The minimum atomic E-state index is -0.0973. The second-order valence-corrected chi connectivity index (χ2v) is 4.62. The zero-order chi connectivity index (χ0) is 11.6. The van der Waals surface area contributed by atoms with Gasteiger partial charge < -0.3 is 15.2 Å². The van der Waals surface area contributed by atoms with Crippen LogP contribution in [0.25, 0.3) is 0 Å². The molecule has 88 valence electrons. The Kier molecular flexibility index (Phi) is 3.01. The number of carbonyl (C=O) groups is 1. The highest BCUT2D eigenvalue weighted by Crippen LogP contribution is 2.14. The van der Waals surface area contributed by atoms with Crippen LogP contribution in [-0.2, 0) is 6.54 Å². The van der Waals surface area contributed by atoms with E-state index in [0.717, 1.165) is 31.7 Å². The van der Waals surface area contributed by atoms with Gasteiger partial charge in [0.05, 0.1) is 5.54 Å². The predicted octanol–water partition coefficient (Wildman–Crippen LogP) is 0.990. The van der Waals surface area contributed by atoms with Gasteiger partial charge in [0.25, 0.3) is 5.91 Å². The van der Waals surface area contributed by atoms with Gasteiger partial charge >= 0.3 is 0 Å². The molecule has 1 saturated heterocycles. The molecule has 2 N–H and O–H groups in total. The van der Waals surface area contributed by atoms with Gasteiger partial charge in [0, 0.05) is 19.3 Å². The number of nitrogens with one attached hydrogen (secondary N) is 2. The molecular weight excluding hydrogens is 202 g/mol. The van der Waals surface area contributed by atoms with Crippen molar-refractivity contribution in [3.8, 4) is 0 Å². The Morgan fingerprint density at radius 1 is 1.69 bits per heavy atom. The highest BCUT2D eigenvalue weighted by atomic mass is 16.2. The van der Waals surface area contributed by atoms with Crippen molar-refractivity contribution in [1.29, 1.82) is 0 Å². The number of hydrogen-bond donors (Lipinski definition) is 2. The molecular formula is C12H19N3O. The van der Waals surface area contributed by atoms with E-state index in [0.29, 0.717) is 0 Å². The number of carbonyl (C=O) groups excluding carboxylic acids is 1. The fourth-order valence-electron chi connectivity index (χ4n) is 2.16. The van der Waals surface area contributed by atoms with E-state index in [1.54, 1.807) is 0 Å². The Morgan fingerprint density at radius 3 is 3.12 bits per heavy atom. The van der Waals surface area contributed by atoms with Crippen molar-refractivity contribution in [2.75, 3.05) is 13.1 Å². The van der Waals surface area contributed by atoms with Crippen molar-refractivity contribution in [2.24, 2.45) is 0 Å². The standard InChI is InChI=1S/C12H19N3O/c1-3-15-8-4-5-10(15)11(16)14-12(2)6-7-13-9-12/h4-5,8,13H,3,6-7,9H2,1-2H3,(H,14,16). The maximum Gasteiger partial charge on any atom is 0.268 e. The number of aromatic nitrogens is 1. The summed E-state index contributed by atoms with van der Waals surface area (Å²) in [6.07, 6.45) is 2.93. The molecule has 0 aliphatic carbocycles.